The fourth-order valence-electron chi connectivity index (χ4n) is 2.47. The number of esters is 2. The highest BCUT2D eigenvalue weighted by atomic mass is 16.6. The fraction of sp³-hybridized carbons (Fsp3) is 0. The highest BCUT2D eigenvalue weighted by molar-refractivity contribution is 6.14. The van der Waals surface area contributed by atoms with Gasteiger partial charge in [0.05, 0.1) is 22.3 Å². The first kappa shape index (κ1) is 19.2. The van der Waals surface area contributed by atoms with Crippen molar-refractivity contribution in [2.24, 2.45) is 0 Å². The summed E-state index contributed by atoms with van der Waals surface area (Å²) >= 11 is 0. The number of carbonyl (C=O) groups excluding carboxylic acids is 2. The summed E-state index contributed by atoms with van der Waals surface area (Å²) in [5.41, 5.74) is 1.09. The molecule has 1 heterocycles. The maximum absolute atomic E-state index is 11.5. The molecule has 0 aliphatic carbocycles. The minimum Gasteiger partial charge on any atom is -0.507 e. The molecule has 7 nitrogen and oxygen atoms in total. The van der Waals surface area contributed by atoms with Crippen LogP contribution in [-0.4, -0.2) is 17.0 Å². The van der Waals surface area contributed by atoms with Gasteiger partial charge in [-0.1, -0.05) is 24.3 Å². The molecule has 0 spiro atoms. The number of hydrogen-bond acceptors (Lipinski definition) is 7. The summed E-state index contributed by atoms with van der Waals surface area (Å²) in [6, 6.07) is 21.5. The maximum Gasteiger partial charge on any atom is 0.347 e. The van der Waals surface area contributed by atoms with E-state index in [-0.39, 0.29) is 16.9 Å². The van der Waals surface area contributed by atoms with E-state index in [9.17, 15) is 9.59 Å². The number of fused-ring (bicyclic) bond motifs is 1. The van der Waals surface area contributed by atoms with Crippen molar-refractivity contribution in [1.82, 2.24) is 0 Å². The minimum absolute atomic E-state index is 0.0417. The zero-order chi connectivity index (χ0) is 20.8. The molecule has 1 aliphatic rings. The number of cyclic esters (lactones) is 2. The standard InChI is InChI=1S/C15H7NO4.C7H5NO/c16-8-9-3-1-2-4-13(9)19-10-5-6-11-12(7-10)15(18)20-14(11)17;8-5-6-3-1-2-4-7(6)9/h1-7H;1-4,9H. The second-order valence-corrected chi connectivity index (χ2v) is 5.72. The molecule has 29 heavy (non-hydrogen) atoms. The largest absolute Gasteiger partial charge is 0.507 e. The summed E-state index contributed by atoms with van der Waals surface area (Å²) < 4.78 is 10.1. The van der Waals surface area contributed by atoms with Gasteiger partial charge in [0.25, 0.3) is 0 Å². The number of nitriles is 2. The molecule has 0 amide bonds. The van der Waals surface area contributed by atoms with E-state index in [1.54, 1.807) is 48.5 Å². The Hall–Kier alpha value is -4.62. The molecule has 7 heteroatoms. The van der Waals surface area contributed by atoms with E-state index in [2.05, 4.69) is 4.74 Å². The molecule has 4 rings (SSSR count). The van der Waals surface area contributed by atoms with Crippen molar-refractivity contribution in [2.75, 3.05) is 0 Å². The average molecular weight is 384 g/mol. The number of rotatable bonds is 2. The number of benzene rings is 3. The van der Waals surface area contributed by atoms with Gasteiger partial charge < -0.3 is 14.6 Å². The lowest BCUT2D eigenvalue weighted by Crippen LogP contribution is -1.96. The van der Waals surface area contributed by atoms with Crippen LogP contribution in [0.5, 0.6) is 17.2 Å². The normalized spacial score (nSPS) is 11.2. The lowest BCUT2D eigenvalue weighted by atomic mass is 10.1. The van der Waals surface area contributed by atoms with Crippen molar-refractivity contribution in [2.45, 2.75) is 0 Å². The van der Waals surface area contributed by atoms with Crippen molar-refractivity contribution in [3.05, 3.63) is 89.0 Å². The summed E-state index contributed by atoms with van der Waals surface area (Å²) in [7, 11) is 0. The van der Waals surface area contributed by atoms with Crippen LogP contribution in [0.25, 0.3) is 0 Å². The van der Waals surface area contributed by atoms with Gasteiger partial charge in [-0.15, -0.1) is 0 Å². The van der Waals surface area contributed by atoms with Gasteiger partial charge in [-0.3, -0.25) is 0 Å². The molecule has 0 bridgehead atoms. The third kappa shape index (κ3) is 4.21. The summed E-state index contributed by atoms with van der Waals surface area (Å²) in [5.74, 6) is -0.566. The van der Waals surface area contributed by atoms with E-state index < -0.39 is 11.9 Å². The molecule has 3 aromatic carbocycles. The third-order valence-electron chi connectivity index (χ3n) is 3.88. The number of para-hydroxylation sites is 2. The molecule has 0 unspecified atom stereocenters. The average Bonchev–Trinajstić information content (AvgIpc) is 3.02. The summed E-state index contributed by atoms with van der Waals surface area (Å²) in [5, 5.41) is 26.2. The lowest BCUT2D eigenvalue weighted by Gasteiger charge is -2.07. The number of phenolic OH excluding ortho intramolecular Hbond substituents is 1. The second kappa shape index (κ2) is 8.38. The summed E-state index contributed by atoms with van der Waals surface area (Å²) in [6.45, 7) is 0. The number of hydrogen-bond donors (Lipinski definition) is 1. The van der Waals surface area contributed by atoms with E-state index in [4.69, 9.17) is 20.4 Å². The van der Waals surface area contributed by atoms with Gasteiger partial charge in [-0.05, 0) is 42.5 Å². The number of nitrogens with zero attached hydrogens (tertiary/aromatic N) is 2. The third-order valence-corrected chi connectivity index (χ3v) is 3.88. The van der Waals surface area contributed by atoms with Crippen molar-refractivity contribution < 1.29 is 24.2 Å². The van der Waals surface area contributed by atoms with Gasteiger partial charge in [0, 0.05) is 0 Å². The van der Waals surface area contributed by atoms with E-state index in [1.165, 1.54) is 18.2 Å². The Labute approximate surface area is 165 Å². The summed E-state index contributed by atoms with van der Waals surface area (Å²) in [4.78, 5) is 22.8. The van der Waals surface area contributed by atoms with E-state index in [1.807, 2.05) is 12.1 Å². The molecule has 0 atom stereocenters. The van der Waals surface area contributed by atoms with Crippen LogP contribution in [0.1, 0.15) is 31.8 Å². The molecule has 0 radical (unpaired) electrons. The van der Waals surface area contributed by atoms with Crippen molar-refractivity contribution in [1.29, 1.82) is 10.5 Å². The Balaban J connectivity index is 0.000000224. The van der Waals surface area contributed by atoms with Crippen molar-refractivity contribution >= 4 is 11.9 Å². The molecule has 3 aromatic rings. The molecule has 0 fully saturated rings. The highest BCUT2D eigenvalue weighted by Gasteiger charge is 2.29. The zero-order valence-electron chi connectivity index (χ0n) is 14.8. The maximum atomic E-state index is 11.5. The number of aromatic hydroxyl groups is 1. The topological polar surface area (TPSA) is 120 Å². The van der Waals surface area contributed by atoms with E-state index in [0.29, 0.717) is 22.6 Å². The van der Waals surface area contributed by atoms with Crippen LogP contribution in [0, 0.1) is 22.7 Å². The molecule has 0 aromatic heterocycles. The summed E-state index contributed by atoms with van der Waals surface area (Å²) in [6.07, 6.45) is 0. The van der Waals surface area contributed by atoms with Crippen LogP contribution in [0.2, 0.25) is 0 Å². The first-order valence-electron chi connectivity index (χ1n) is 8.29. The van der Waals surface area contributed by atoms with Gasteiger partial charge in [0.1, 0.15) is 29.4 Å². The Kier molecular flexibility index (Phi) is 5.53. The molecular weight excluding hydrogens is 372 g/mol. The Morgan fingerprint density at radius 2 is 1.41 bits per heavy atom. The molecule has 0 saturated heterocycles. The van der Waals surface area contributed by atoms with Gasteiger partial charge >= 0.3 is 11.9 Å². The monoisotopic (exact) mass is 384 g/mol. The zero-order valence-corrected chi connectivity index (χ0v) is 14.8. The first-order chi connectivity index (χ1) is 14.0. The first-order valence-corrected chi connectivity index (χ1v) is 8.29. The predicted molar refractivity (Wildman–Crippen MR) is 100 cm³/mol. The highest BCUT2D eigenvalue weighted by Crippen LogP contribution is 2.29. The van der Waals surface area contributed by atoms with Crippen LogP contribution in [0.3, 0.4) is 0 Å². The molecular formula is C22H12N2O5. The number of phenols is 1. The van der Waals surface area contributed by atoms with Crippen LogP contribution in [0.15, 0.2) is 66.7 Å². The Bertz CT molecular complexity index is 1190. The Morgan fingerprint density at radius 3 is 2.07 bits per heavy atom. The molecule has 1 N–H and O–H groups in total. The number of ether oxygens (including phenoxy) is 2. The van der Waals surface area contributed by atoms with Crippen LogP contribution in [0.4, 0.5) is 0 Å². The quantitative estimate of drug-likeness (QED) is 0.525. The fourth-order valence-corrected chi connectivity index (χ4v) is 2.47. The van der Waals surface area contributed by atoms with Gasteiger partial charge in [0.15, 0.2) is 0 Å². The second-order valence-electron chi connectivity index (χ2n) is 5.72. The van der Waals surface area contributed by atoms with E-state index in [0.717, 1.165) is 0 Å². The minimum atomic E-state index is -0.691. The van der Waals surface area contributed by atoms with Gasteiger partial charge in [-0.2, -0.15) is 10.5 Å². The molecule has 0 saturated carbocycles. The van der Waals surface area contributed by atoms with Gasteiger partial charge in [-0.25, -0.2) is 9.59 Å². The smallest absolute Gasteiger partial charge is 0.347 e. The lowest BCUT2D eigenvalue weighted by molar-refractivity contribution is 0.0443. The molecule has 1 aliphatic heterocycles. The van der Waals surface area contributed by atoms with Crippen LogP contribution in [-0.2, 0) is 4.74 Å². The molecule has 140 valence electrons. The van der Waals surface area contributed by atoms with Crippen LogP contribution >= 0.6 is 0 Å². The Morgan fingerprint density at radius 1 is 0.793 bits per heavy atom. The van der Waals surface area contributed by atoms with Crippen molar-refractivity contribution in [3.63, 3.8) is 0 Å². The van der Waals surface area contributed by atoms with Crippen molar-refractivity contribution in [3.8, 4) is 29.4 Å². The van der Waals surface area contributed by atoms with Crippen LogP contribution < -0.4 is 4.74 Å². The number of carbonyl (C=O) groups is 2. The SMILES string of the molecule is N#Cc1ccccc1O.N#Cc1ccccc1Oc1ccc2c(c1)C(=O)OC2=O. The van der Waals surface area contributed by atoms with Gasteiger partial charge in [0.2, 0.25) is 0 Å². The van der Waals surface area contributed by atoms with E-state index >= 15 is 0 Å². The predicted octanol–water partition coefficient (Wildman–Crippen LogP) is 3.93.